The fourth-order valence-electron chi connectivity index (χ4n) is 3.35. The van der Waals surface area contributed by atoms with Crippen LogP contribution in [0.15, 0.2) is 24.4 Å². The lowest BCUT2D eigenvalue weighted by Gasteiger charge is -2.23. The van der Waals surface area contributed by atoms with Crippen molar-refractivity contribution in [1.29, 1.82) is 0 Å². The minimum atomic E-state index is -0.616. The van der Waals surface area contributed by atoms with Crippen molar-refractivity contribution >= 4 is 22.7 Å². The Balaban J connectivity index is 2.32. The third kappa shape index (κ3) is 6.45. The highest BCUT2D eigenvalue weighted by Gasteiger charge is 2.24. The van der Waals surface area contributed by atoms with Crippen molar-refractivity contribution in [2.75, 3.05) is 13.2 Å². The van der Waals surface area contributed by atoms with Gasteiger partial charge in [0.2, 0.25) is 0 Å². The first-order valence-electron chi connectivity index (χ1n) is 10.5. The van der Waals surface area contributed by atoms with Crippen molar-refractivity contribution in [3.8, 4) is 0 Å². The lowest BCUT2D eigenvalue weighted by atomic mass is 10.0. The van der Waals surface area contributed by atoms with Crippen LogP contribution < -0.4 is 5.32 Å². The van der Waals surface area contributed by atoms with E-state index in [2.05, 4.69) is 12.2 Å². The molecule has 1 atom stereocenters. The Morgan fingerprint density at radius 1 is 1.30 bits per heavy atom. The number of nitrogens with zero attached hydrogens (tertiary/aromatic N) is 2. The number of amides is 1. The number of unbranched alkanes of at least 4 members (excludes halogenated alkanes) is 1. The molecule has 1 amide bonds. The van der Waals surface area contributed by atoms with Crippen molar-refractivity contribution in [2.45, 2.75) is 72.1 Å². The number of benzene rings is 1. The summed E-state index contributed by atoms with van der Waals surface area (Å²) in [4.78, 5) is 23.6. The molecule has 8 nitrogen and oxygen atoms in total. The fourth-order valence-corrected chi connectivity index (χ4v) is 3.35. The molecule has 0 bridgehead atoms. The molecular formula is C22H33N3O5. The number of aryl methyl sites for hydroxylation is 1. The summed E-state index contributed by atoms with van der Waals surface area (Å²) in [7, 11) is 0. The number of alkyl carbamates (subject to hydrolysis) is 1. The summed E-state index contributed by atoms with van der Waals surface area (Å²) in [5, 5.41) is 15.1. The van der Waals surface area contributed by atoms with Crippen LogP contribution in [0.5, 0.6) is 0 Å². The first kappa shape index (κ1) is 23.7. The molecule has 0 saturated heterocycles. The van der Waals surface area contributed by atoms with Crippen molar-refractivity contribution < 1.29 is 19.2 Å². The van der Waals surface area contributed by atoms with Crippen molar-refractivity contribution in [3.63, 3.8) is 0 Å². The van der Waals surface area contributed by atoms with Crippen molar-refractivity contribution in [3.05, 3.63) is 40.1 Å². The number of carbonyl (C=O) groups is 1. The number of rotatable bonds is 10. The Morgan fingerprint density at radius 3 is 2.63 bits per heavy atom. The van der Waals surface area contributed by atoms with E-state index in [1.54, 1.807) is 26.8 Å². The number of fused-ring (bicyclic) bond motifs is 1. The first-order valence-corrected chi connectivity index (χ1v) is 10.5. The summed E-state index contributed by atoms with van der Waals surface area (Å²) in [5.74, 6) is 0. The van der Waals surface area contributed by atoms with Crippen molar-refractivity contribution in [2.24, 2.45) is 0 Å². The number of nitro groups is 1. The third-order valence-corrected chi connectivity index (χ3v) is 4.65. The summed E-state index contributed by atoms with van der Waals surface area (Å²) in [5.41, 5.74) is 1.07. The number of ether oxygens (including phenoxy) is 2. The van der Waals surface area contributed by atoms with E-state index in [-0.39, 0.29) is 16.7 Å². The zero-order chi connectivity index (χ0) is 22.3. The van der Waals surface area contributed by atoms with Gasteiger partial charge >= 0.3 is 6.09 Å². The van der Waals surface area contributed by atoms with Crippen molar-refractivity contribution in [1.82, 2.24) is 9.88 Å². The number of nitrogens with one attached hydrogen (secondary N) is 1. The SMILES string of the molecule is CCCCOC[C@H](Cc1cn(CC)c2cccc([N+](=O)[O-])c12)NC(=O)OC(C)(C)C. The molecule has 166 valence electrons. The van der Waals surface area contributed by atoms with E-state index in [0.29, 0.717) is 31.6 Å². The van der Waals surface area contributed by atoms with Crippen LogP contribution in [0.3, 0.4) is 0 Å². The lowest BCUT2D eigenvalue weighted by Crippen LogP contribution is -2.42. The molecule has 8 heteroatoms. The van der Waals surface area contributed by atoms with E-state index in [9.17, 15) is 14.9 Å². The maximum Gasteiger partial charge on any atom is 0.407 e. The predicted molar refractivity (Wildman–Crippen MR) is 117 cm³/mol. The highest BCUT2D eigenvalue weighted by Crippen LogP contribution is 2.31. The summed E-state index contributed by atoms with van der Waals surface area (Å²) in [6.45, 7) is 11.1. The molecule has 2 rings (SSSR count). The Morgan fingerprint density at radius 2 is 2.03 bits per heavy atom. The number of aromatic nitrogens is 1. The largest absolute Gasteiger partial charge is 0.444 e. The van der Waals surface area contributed by atoms with Gasteiger partial charge in [0.15, 0.2) is 0 Å². The summed E-state index contributed by atoms with van der Waals surface area (Å²) >= 11 is 0. The van der Waals surface area contributed by atoms with Crippen LogP contribution in [0, 0.1) is 10.1 Å². The molecule has 0 aliphatic carbocycles. The number of nitro benzene ring substituents is 1. The predicted octanol–water partition coefficient (Wildman–Crippen LogP) is 4.82. The maximum absolute atomic E-state index is 12.3. The molecule has 0 aliphatic heterocycles. The highest BCUT2D eigenvalue weighted by molar-refractivity contribution is 5.92. The summed E-state index contributed by atoms with van der Waals surface area (Å²) < 4.78 is 13.1. The van der Waals surface area contributed by atoms with Crippen LogP contribution in [0.2, 0.25) is 0 Å². The second-order valence-corrected chi connectivity index (χ2v) is 8.34. The van der Waals surface area contributed by atoms with Crippen LogP contribution in [0.25, 0.3) is 10.9 Å². The lowest BCUT2D eigenvalue weighted by molar-refractivity contribution is -0.383. The monoisotopic (exact) mass is 419 g/mol. The smallest absolute Gasteiger partial charge is 0.407 e. The average molecular weight is 420 g/mol. The standard InChI is InChI=1S/C22H33N3O5/c1-6-8-12-29-15-17(23-21(26)30-22(3,4)5)13-16-14-24(7-2)18-10-9-11-19(20(16)18)25(27)28/h9-11,14,17H,6-8,12-13,15H2,1-5H3,(H,23,26)/t17-/m0/s1. The number of non-ortho nitro benzene ring substituents is 1. The quantitative estimate of drug-likeness (QED) is 0.338. The van der Waals surface area contributed by atoms with Crippen LogP contribution in [0.1, 0.15) is 53.0 Å². The van der Waals surface area contributed by atoms with E-state index in [1.807, 2.05) is 23.8 Å². The molecule has 30 heavy (non-hydrogen) atoms. The Kier molecular flexibility index (Phi) is 8.23. The zero-order valence-electron chi connectivity index (χ0n) is 18.6. The summed E-state index contributed by atoms with van der Waals surface area (Å²) in [6, 6.07) is 4.72. The average Bonchev–Trinajstić information content (AvgIpc) is 3.01. The zero-order valence-corrected chi connectivity index (χ0v) is 18.6. The molecule has 0 fully saturated rings. The minimum absolute atomic E-state index is 0.0672. The van der Waals surface area contributed by atoms with Gasteiger partial charge in [0.1, 0.15) is 5.60 Å². The Labute approximate surface area is 177 Å². The number of hydrogen-bond donors (Lipinski definition) is 1. The Bertz CT molecular complexity index is 870. The van der Waals surface area contributed by atoms with Gasteiger partial charge in [-0.05, 0) is 52.2 Å². The molecule has 2 aromatic rings. The molecule has 1 heterocycles. The van der Waals surface area contributed by atoms with Gasteiger partial charge < -0.3 is 19.4 Å². The molecule has 0 unspecified atom stereocenters. The van der Waals surface area contributed by atoms with Gasteiger partial charge in [-0.3, -0.25) is 10.1 Å². The maximum atomic E-state index is 12.3. The molecule has 0 saturated carbocycles. The van der Waals surface area contributed by atoms with E-state index in [0.717, 1.165) is 23.9 Å². The minimum Gasteiger partial charge on any atom is -0.444 e. The third-order valence-electron chi connectivity index (χ3n) is 4.65. The second kappa shape index (κ2) is 10.4. The molecular weight excluding hydrogens is 386 g/mol. The number of hydrogen-bond acceptors (Lipinski definition) is 5. The molecule has 0 spiro atoms. The molecule has 1 aromatic carbocycles. The van der Waals surface area contributed by atoms with Gasteiger partial charge in [-0.1, -0.05) is 19.4 Å². The molecule has 0 aliphatic rings. The number of carbonyl (C=O) groups excluding carboxylic acids is 1. The van der Waals surface area contributed by atoms with Gasteiger partial charge in [-0.2, -0.15) is 0 Å². The van der Waals surface area contributed by atoms with Gasteiger partial charge in [0, 0.05) is 25.4 Å². The van der Waals surface area contributed by atoms with Gasteiger partial charge in [0.05, 0.1) is 28.5 Å². The van der Waals surface area contributed by atoms with Crippen LogP contribution in [-0.2, 0) is 22.4 Å². The van der Waals surface area contributed by atoms with Crippen LogP contribution in [0.4, 0.5) is 10.5 Å². The van der Waals surface area contributed by atoms with Gasteiger partial charge in [-0.15, -0.1) is 0 Å². The van der Waals surface area contributed by atoms with E-state index < -0.39 is 11.7 Å². The van der Waals surface area contributed by atoms with E-state index in [1.165, 1.54) is 6.07 Å². The van der Waals surface area contributed by atoms with Gasteiger partial charge in [0.25, 0.3) is 5.69 Å². The topological polar surface area (TPSA) is 95.6 Å². The first-order chi connectivity index (χ1) is 14.2. The molecule has 1 aromatic heterocycles. The normalized spacial score (nSPS) is 12.7. The Hall–Kier alpha value is -2.61. The van der Waals surface area contributed by atoms with Crippen LogP contribution in [-0.4, -0.2) is 40.4 Å². The molecule has 0 radical (unpaired) electrons. The summed E-state index contributed by atoms with van der Waals surface area (Å²) in [6.07, 6.45) is 3.74. The second-order valence-electron chi connectivity index (χ2n) is 8.34. The molecule has 1 N–H and O–H groups in total. The van der Waals surface area contributed by atoms with Crippen LogP contribution >= 0.6 is 0 Å². The van der Waals surface area contributed by atoms with Gasteiger partial charge in [-0.25, -0.2) is 4.79 Å². The highest BCUT2D eigenvalue weighted by atomic mass is 16.6. The van der Waals surface area contributed by atoms with E-state index in [4.69, 9.17) is 9.47 Å². The fraction of sp³-hybridized carbons (Fsp3) is 0.591. The van der Waals surface area contributed by atoms with E-state index >= 15 is 0 Å².